The SMILES string of the molecule is CC1CN(c2n[nH]c(-c3cc(F)cc(Br)c3)n2)CCN1. The molecule has 1 unspecified atom stereocenters. The second-order valence-electron chi connectivity index (χ2n) is 4.94. The van der Waals surface area contributed by atoms with Crippen LogP contribution in [0.4, 0.5) is 10.3 Å². The quantitative estimate of drug-likeness (QED) is 0.880. The van der Waals surface area contributed by atoms with E-state index in [0.29, 0.717) is 27.9 Å². The van der Waals surface area contributed by atoms with Crippen LogP contribution in [0.5, 0.6) is 0 Å². The maximum absolute atomic E-state index is 13.4. The number of aromatic nitrogens is 3. The van der Waals surface area contributed by atoms with Crippen molar-refractivity contribution < 1.29 is 4.39 Å². The molecule has 5 nitrogen and oxygen atoms in total. The van der Waals surface area contributed by atoms with Crippen molar-refractivity contribution in [1.29, 1.82) is 0 Å². The Hall–Kier alpha value is -1.47. The Morgan fingerprint density at radius 2 is 2.25 bits per heavy atom. The summed E-state index contributed by atoms with van der Waals surface area (Å²) in [6, 6.07) is 5.08. The van der Waals surface area contributed by atoms with Gasteiger partial charge in [0.1, 0.15) is 5.82 Å². The highest BCUT2D eigenvalue weighted by Crippen LogP contribution is 2.23. The van der Waals surface area contributed by atoms with Gasteiger partial charge in [-0.25, -0.2) is 4.39 Å². The number of anilines is 1. The summed E-state index contributed by atoms with van der Waals surface area (Å²) in [5.41, 5.74) is 0.679. The van der Waals surface area contributed by atoms with Gasteiger partial charge in [0.25, 0.3) is 0 Å². The molecular weight excluding hydrogens is 325 g/mol. The molecule has 0 saturated carbocycles. The van der Waals surface area contributed by atoms with Crippen molar-refractivity contribution in [2.45, 2.75) is 13.0 Å². The van der Waals surface area contributed by atoms with Crippen molar-refractivity contribution in [1.82, 2.24) is 20.5 Å². The van der Waals surface area contributed by atoms with Gasteiger partial charge in [-0.3, -0.25) is 5.10 Å². The lowest BCUT2D eigenvalue weighted by Crippen LogP contribution is -2.49. The summed E-state index contributed by atoms with van der Waals surface area (Å²) in [6.45, 7) is 4.78. The zero-order valence-corrected chi connectivity index (χ0v) is 12.6. The number of piperazine rings is 1. The first-order valence-electron chi connectivity index (χ1n) is 6.49. The van der Waals surface area contributed by atoms with Gasteiger partial charge in [0.05, 0.1) is 0 Å². The third-order valence-electron chi connectivity index (χ3n) is 3.26. The zero-order chi connectivity index (χ0) is 14.1. The molecule has 7 heteroatoms. The second kappa shape index (κ2) is 5.49. The van der Waals surface area contributed by atoms with Crippen LogP contribution in [0.1, 0.15) is 6.92 Å². The molecule has 1 saturated heterocycles. The normalized spacial score (nSPS) is 19.4. The number of rotatable bonds is 2. The number of hydrogen-bond acceptors (Lipinski definition) is 4. The van der Waals surface area contributed by atoms with Crippen LogP contribution < -0.4 is 10.2 Å². The van der Waals surface area contributed by atoms with E-state index in [2.05, 4.69) is 48.3 Å². The van der Waals surface area contributed by atoms with Gasteiger partial charge in [0, 0.05) is 35.7 Å². The molecule has 20 heavy (non-hydrogen) atoms. The Balaban J connectivity index is 1.86. The molecule has 0 radical (unpaired) electrons. The van der Waals surface area contributed by atoms with Crippen molar-refractivity contribution >= 4 is 21.9 Å². The van der Waals surface area contributed by atoms with Gasteiger partial charge >= 0.3 is 0 Å². The van der Waals surface area contributed by atoms with E-state index in [0.717, 1.165) is 19.6 Å². The monoisotopic (exact) mass is 339 g/mol. The average Bonchev–Trinajstić information content (AvgIpc) is 2.87. The highest BCUT2D eigenvalue weighted by Gasteiger charge is 2.19. The van der Waals surface area contributed by atoms with E-state index in [1.165, 1.54) is 12.1 Å². The highest BCUT2D eigenvalue weighted by molar-refractivity contribution is 9.10. The zero-order valence-electron chi connectivity index (χ0n) is 11.0. The summed E-state index contributed by atoms with van der Waals surface area (Å²) >= 11 is 3.28. The van der Waals surface area contributed by atoms with Gasteiger partial charge in [-0.2, -0.15) is 4.98 Å². The fraction of sp³-hybridized carbons (Fsp3) is 0.385. The number of nitrogens with zero attached hydrogens (tertiary/aromatic N) is 3. The summed E-state index contributed by atoms with van der Waals surface area (Å²) in [4.78, 5) is 6.59. The fourth-order valence-corrected chi connectivity index (χ4v) is 2.79. The Bertz CT molecular complexity index is 594. The van der Waals surface area contributed by atoms with Crippen molar-refractivity contribution in [3.8, 4) is 11.4 Å². The average molecular weight is 340 g/mol. The minimum atomic E-state index is -0.303. The number of benzene rings is 1. The lowest BCUT2D eigenvalue weighted by atomic mass is 10.2. The van der Waals surface area contributed by atoms with E-state index in [1.807, 2.05) is 6.07 Å². The van der Waals surface area contributed by atoms with Gasteiger partial charge < -0.3 is 10.2 Å². The number of halogens is 2. The summed E-state index contributed by atoms with van der Waals surface area (Å²) in [7, 11) is 0. The summed E-state index contributed by atoms with van der Waals surface area (Å²) in [5.74, 6) is 0.934. The predicted octanol–water partition coefficient (Wildman–Crippen LogP) is 2.17. The minimum absolute atomic E-state index is 0.303. The van der Waals surface area contributed by atoms with Crippen LogP contribution in [0.25, 0.3) is 11.4 Å². The Kier molecular flexibility index (Phi) is 3.71. The molecular formula is C13H15BrFN5. The van der Waals surface area contributed by atoms with Crippen molar-refractivity contribution in [2.75, 3.05) is 24.5 Å². The molecule has 1 aromatic carbocycles. The van der Waals surface area contributed by atoms with Gasteiger partial charge in [-0.15, -0.1) is 5.10 Å². The number of H-pyrrole nitrogens is 1. The molecule has 1 aliphatic heterocycles. The van der Waals surface area contributed by atoms with Crippen molar-refractivity contribution in [3.63, 3.8) is 0 Å². The van der Waals surface area contributed by atoms with E-state index in [1.54, 1.807) is 0 Å². The number of aromatic amines is 1. The lowest BCUT2D eigenvalue weighted by Gasteiger charge is -2.30. The van der Waals surface area contributed by atoms with E-state index in [9.17, 15) is 4.39 Å². The smallest absolute Gasteiger partial charge is 0.245 e. The fourth-order valence-electron chi connectivity index (χ4n) is 2.33. The van der Waals surface area contributed by atoms with E-state index in [-0.39, 0.29) is 5.82 Å². The number of hydrogen-bond donors (Lipinski definition) is 2. The van der Waals surface area contributed by atoms with Crippen LogP contribution in [-0.4, -0.2) is 40.9 Å². The molecule has 2 aromatic rings. The van der Waals surface area contributed by atoms with Crippen molar-refractivity contribution in [2.24, 2.45) is 0 Å². The van der Waals surface area contributed by atoms with Crippen LogP contribution in [0.2, 0.25) is 0 Å². The van der Waals surface area contributed by atoms with Gasteiger partial charge in [0.15, 0.2) is 5.82 Å². The molecule has 2 N–H and O–H groups in total. The standard InChI is InChI=1S/C13H15BrFN5/c1-8-7-20(3-2-16-8)13-17-12(18-19-13)9-4-10(14)6-11(15)5-9/h4-6,8,16H,2-3,7H2,1H3,(H,17,18,19). The summed E-state index contributed by atoms with van der Waals surface area (Å²) in [6.07, 6.45) is 0. The molecule has 1 aliphatic rings. The van der Waals surface area contributed by atoms with Gasteiger partial charge in [-0.1, -0.05) is 15.9 Å². The molecule has 2 heterocycles. The van der Waals surface area contributed by atoms with Crippen molar-refractivity contribution in [3.05, 3.63) is 28.5 Å². The van der Waals surface area contributed by atoms with Gasteiger partial charge in [0.2, 0.25) is 5.95 Å². The Labute approximate surface area is 124 Å². The van der Waals surface area contributed by atoms with Crippen LogP contribution in [0.15, 0.2) is 22.7 Å². The molecule has 3 rings (SSSR count). The Morgan fingerprint density at radius 1 is 1.40 bits per heavy atom. The first kappa shape index (κ1) is 13.5. The highest BCUT2D eigenvalue weighted by atomic mass is 79.9. The minimum Gasteiger partial charge on any atom is -0.337 e. The molecule has 1 atom stereocenters. The third-order valence-corrected chi connectivity index (χ3v) is 3.72. The summed E-state index contributed by atoms with van der Waals surface area (Å²) < 4.78 is 14.1. The lowest BCUT2D eigenvalue weighted by molar-refractivity contribution is 0.480. The maximum atomic E-state index is 13.4. The van der Waals surface area contributed by atoms with E-state index in [4.69, 9.17) is 0 Å². The van der Waals surface area contributed by atoms with Crippen LogP contribution in [0.3, 0.4) is 0 Å². The maximum Gasteiger partial charge on any atom is 0.245 e. The largest absolute Gasteiger partial charge is 0.337 e. The van der Waals surface area contributed by atoms with E-state index < -0.39 is 0 Å². The summed E-state index contributed by atoms with van der Waals surface area (Å²) in [5, 5.41) is 10.5. The number of nitrogens with one attached hydrogen (secondary N) is 2. The molecule has 0 spiro atoms. The van der Waals surface area contributed by atoms with Crippen LogP contribution in [-0.2, 0) is 0 Å². The molecule has 0 aliphatic carbocycles. The third kappa shape index (κ3) is 2.83. The van der Waals surface area contributed by atoms with Crippen LogP contribution in [0, 0.1) is 5.82 Å². The molecule has 1 fully saturated rings. The first-order chi connectivity index (χ1) is 9.61. The Morgan fingerprint density at radius 3 is 3.00 bits per heavy atom. The first-order valence-corrected chi connectivity index (χ1v) is 7.28. The molecule has 0 bridgehead atoms. The molecule has 1 aromatic heterocycles. The second-order valence-corrected chi connectivity index (χ2v) is 5.86. The van der Waals surface area contributed by atoms with Crippen LogP contribution >= 0.6 is 15.9 Å². The van der Waals surface area contributed by atoms with E-state index >= 15 is 0 Å². The van der Waals surface area contributed by atoms with Gasteiger partial charge in [-0.05, 0) is 25.1 Å². The molecule has 0 amide bonds. The topological polar surface area (TPSA) is 56.8 Å². The predicted molar refractivity (Wildman–Crippen MR) is 79.2 cm³/mol. The molecule has 106 valence electrons.